The molecule has 1 atom stereocenters. The minimum Gasteiger partial charge on any atom is -0.349 e. The van der Waals surface area contributed by atoms with Crippen molar-refractivity contribution in [1.29, 1.82) is 0 Å². The summed E-state index contributed by atoms with van der Waals surface area (Å²) >= 11 is 0. The highest BCUT2D eigenvalue weighted by molar-refractivity contribution is 7.92. The molecule has 0 radical (unpaired) electrons. The Bertz CT molecular complexity index is 587. The lowest BCUT2D eigenvalue weighted by Gasteiger charge is -2.10. The molecule has 1 aromatic heterocycles. The number of rotatable bonds is 3. The van der Waals surface area contributed by atoms with Crippen molar-refractivity contribution < 1.29 is 13.2 Å². The molecule has 1 saturated heterocycles. The summed E-state index contributed by atoms with van der Waals surface area (Å²) < 4.78 is 23.1. The lowest BCUT2D eigenvalue weighted by Crippen LogP contribution is -2.35. The van der Waals surface area contributed by atoms with E-state index >= 15 is 0 Å². The third-order valence-electron chi connectivity index (χ3n) is 2.86. The number of hydrogen-bond donors (Lipinski definition) is 2. The van der Waals surface area contributed by atoms with Crippen LogP contribution < -0.4 is 10.9 Å². The molecule has 1 fully saturated rings. The largest absolute Gasteiger partial charge is 0.349 e. The van der Waals surface area contributed by atoms with Gasteiger partial charge in [0.15, 0.2) is 9.84 Å². The number of carbonyl (C=O) groups is 1. The van der Waals surface area contributed by atoms with Crippen molar-refractivity contribution in [2.45, 2.75) is 18.1 Å². The van der Waals surface area contributed by atoms with Gasteiger partial charge in [0.1, 0.15) is 5.69 Å². The van der Waals surface area contributed by atoms with Gasteiger partial charge in [-0.2, -0.15) is 5.10 Å². The van der Waals surface area contributed by atoms with Gasteiger partial charge in [-0.15, -0.1) is 0 Å². The van der Waals surface area contributed by atoms with Crippen LogP contribution in [-0.4, -0.2) is 42.1 Å². The molecule has 8 heteroatoms. The SMILES string of the molecule is O=C(NCC1CCCS1(=O)=O)c1ccc(=O)[nH]n1. The molecule has 18 heavy (non-hydrogen) atoms. The van der Waals surface area contributed by atoms with E-state index in [9.17, 15) is 18.0 Å². The molecule has 2 N–H and O–H groups in total. The van der Waals surface area contributed by atoms with Crippen molar-refractivity contribution >= 4 is 15.7 Å². The van der Waals surface area contributed by atoms with Gasteiger partial charge >= 0.3 is 0 Å². The van der Waals surface area contributed by atoms with Crippen molar-refractivity contribution in [3.63, 3.8) is 0 Å². The van der Waals surface area contributed by atoms with Crippen molar-refractivity contribution in [1.82, 2.24) is 15.5 Å². The second-order valence-corrected chi connectivity index (χ2v) is 6.55. The third-order valence-corrected chi connectivity index (χ3v) is 5.14. The van der Waals surface area contributed by atoms with Gasteiger partial charge in [-0.25, -0.2) is 13.5 Å². The fraction of sp³-hybridized carbons (Fsp3) is 0.500. The van der Waals surface area contributed by atoms with Gasteiger partial charge < -0.3 is 5.32 Å². The van der Waals surface area contributed by atoms with Crippen LogP contribution in [0, 0.1) is 0 Å². The number of hydrogen-bond acceptors (Lipinski definition) is 5. The highest BCUT2D eigenvalue weighted by atomic mass is 32.2. The van der Waals surface area contributed by atoms with Crippen LogP contribution in [0.15, 0.2) is 16.9 Å². The maximum absolute atomic E-state index is 11.6. The topological polar surface area (TPSA) is 109 Å². The monoisotopic (exact) mass is 271 g/mol. The van der Waals surface area contributed by atoms with Crippen LogP contribution in [0.2, 0.25) is 0 Å². The number of aromatic nitrogens is 2. The van der Waals surface area contributed by atoms with Crippen molar-refractivity contribution in [3.05, 3.63) is 28.2 Å². The first-order chi connectivity index (χ1) is 8.49. The molecular weight excluding hydrogens is 258 g/mol. The number of nitrogens with one attached hydrogen (secondary N) is 2. The summed E-state index contributed by atoms with van der Waals surface area (Å²) in [7, 11) is -3.06. The van der Waals surface area contributed by atoms with Crippen molar-refractivity contribution in [2.24, 2.45) is 0 Å². The van der Waals surface area contributed by atoms with Crippen LogP contribution >= 0.6 is 0 Å². The highest BCUT2D eigenvalue weighted by Gasteiger charge is 2.31. The number of aromatic amines is 1. The molecular formula is C10H13N3O4S. The Morgan fingerprint density at radius 1 is 1.50 bits per heavy atom. The minimum absolute atomic E-state index is 0.0602. The molecule has 1 aliphatic heterocycles. The van der Waals surface area contributed by atoms with Crippen LogP contribution in [-0.2, 0) is 9.84 Å². The number of sulfone groups is 1. The van der Waals surface area contributed by atoms with E-state index in [4.69, 9.17) is 0 Å². The van der Waals surface area contributed by atoms with E-state index in [0.717, 1.165) is 0 Å². The number of H-pyrrole nitrogens is 1. The summed E-state index contributed by atoms with van der Waals surface area (Å²) in [6.45, 7) is 0.0853. The fourth-order valence-electron chi connectivity index (χ4n) is 1.86. The number of nitrogens with zero attached hydrogens (tertiary/aromatic N) is 1. The van der Waals surface area contributed by atoms with E-state index in [2.05, 4.69) is 15.5 Å². The summed E-state index contributed by atoms with van der Waals surface area (Å²) in [5, 5.41) is 7.70. The lowest BCUT2D eigenvalue weighted by atomic mass is 10.2. The standard InChI is InChI=1S/C10H13N3O4S/c14-9-4-3-8(12-13-9)10(15)11-6-7-2-1-5-18(7,16)17/h3-4,7H,1-2,5-6H2,(H,11,15)(H,13,14). The van der Waals surface area contributed by atoms with Gasteiger partial charge in [0.25, 0.3) is 11.5 Å². The lowest BCUT2D eigenvalue weighted by molar-refractivity contribution is 0.0947. The molecule has 0 aromatic carbocycles. The minimum atomic E-state index is -3.06. The molecule has 0 spiro atoms. The normalized spacial score (nSPS) is 21.7. The van der Waals surface area contributed by atoms with Gasteiger partial charge in [0.05, 0.1) is 11.0 Å². The summed E-state index contributed by atoms with van der Waals surface area (Å²) in [6.07, 6.45) is 1.21. The summed E-state index contributed by atoms with van der Waals surface area (Å²) in [4.78, 5) is 22.4. The molecule has 1 amide bonds. The summed E-state index contributed by atoms with van der Waals surface area (Å²) in [5.41, 5.74) is -0.338. The molecule has 0 saturated carbocycles. The van der Waals surface area contributed by atoms with Gasteiger partial charge in [0, 0.05) is 12.6 Å². The molecule has 1 unspecified atom stereocenters. The highest BCUT2D eigenvalue weighted by Crippen LogP contribution is 2.18. The Hall–Kier alpha value is -1.70. The average molecular weight is 271 g/mol. The fourth-order valence-corrected chi connectivity index (χ4v) is 3.62. The zero-order chi connectivity index (χ0) is 13.2. The van der Waals surface area contributed by atoms with E-state index < -0.39 is 26.6 Å². The molecule has 2 heterocycles. The second kappa shape index (κ2) is 4.89. The maximum Gasteiger partial charge on any atom is 0.271 e. The Morgan fingerprint density at radius 3 is 2.83 bits per heavy atom. The molecule has 0 bridgehead atoms. The molecule has 1 aliphatic rings. The zero-order valence-electron chi connectivity index (χ0n) is 9.55. The molecule has 0 aliphatic carbocycles. The predicted molar refractivity (Wildman–Crippen MR) is 64.0 cm³/mol. The Labute approximate surface area is 104 Å². The average Bonchev–Trinajstić information content (AvgIpc) is 2.66. The van der Waals surface area contributed by atoms with Gasteiger partial charge in [-0.05, 0) is 18.9 Å². The van der Waals surface area contributed by atoms with Gasteiger partial charge in [-0.3, -0.25) is 9.59 Å². The molecule has 98 valence electrons. The van der Waals surface area contributed by atoms with E-state index in [-0.39, 0.29) is 18.0 Å². The number of carbonyl (C=O) groups excluding carboxylic acids is 1. The smallest absolute Gasteiger partial charge is 0.271 e. The Morgan fingerprint density at radius 2 is 2.28 bits per heavy atom. The first-order valence-electron chi connectivity index (χ1n) is 5.54. The Balaban J connectivity index is 1.97. The molecule has 7 nitrogen and oxygen atoms in total. The number of amides is 1. The van der Waals surface area contributed by atoms with Crippen LogP contribution in [0.4, 0.5) is 0 Å². The van der Waals surface area contributed by atoms with E-state index in [1.165, 1.54) is 12.1 Å². The third kappa shape index (κ3) is 2.76. The first-order valence-corrected chi connectivity index (χ1v) is 7.26. The van der Waals surface area contributed by atoms with Crippen molar-refractivity contribution in [3.8, 4) is 0 Å². The van der Waals surface area contributed by atoms with Crippen molar-refractivity contribution in [2.75, 3.05) is 12.3 Å². The quantitative estimate of drug-likeness (QED) is 0.738. The molecule has 1 aromatic rings. The summed E-state index contributed by atoms with van der Waals surface area (Å²) in [6, 6.07) is 2.48. The van der Waals surface area contributed by atoms with Crippen LogP contribution in [0.5, 0.6) is 0 Å². The maximum atomic E-state index is 11.6. The first kappa shape index (κ1) is 12.7. The van der Waals surface area contributed by atoms with E-state index in [1.54, 1.807) is 0 Å². The van der Waals surface area contributed by atoms with Gasteiger partial charge in [0.2, 0.25) is 0 Å². The van der Waals surface area contributed by atoms with Crippen LogP contribution in [0.1, 0.15) is 23.3 Å². The van der Waals surface area contributed by atoms with Gasteiger partial charge in [-0.1, -0.05) is 0 Å². The zero-order valence-corrected chi connectivity index (χ0v) is 10.4. The van der Waals surface area contributed by atoms with Crippen LogP contribution in [0.3, 0.4) is 0 Å². The Kier molecular flexibility index (Phi) is 3.46. The van der Waals surface area contributed by atoms with Crippen LogP contribution in [0.25, 0.3) is 0 Å². The molecule has 2 rings (SSSR count). The van der Waals surface area contributed by atoms with E-state index in [0.29, 0.717) is 12.8 Å². The second-order valence-electron chi connectivity index (χ2n) is 4.15. The predicted octanol–water partition coefficient (Wildman–Crippen LogP) is -0.923. The van der Waals surface area contributed by atoms with E-state index in [1.807, 2.05) is 0 Å². The summed E-state index contributed by atoms with van der Waals surface area (Å²) in [5.74, 6) is -0.307.